The number of nitrogens with one attached hydrogen (secondary N) is 2. The molecule has 1 aromatic carbocycles. The molecule has 0 radical (unpaired) electrons. The number of benzene rings is 1. The first-order chi connectivity index (χ1) is 12.4. The summed E-state index contributed by atoms with van der Waals surface area (Å²) in [6.07, 6.45) is 3.68. The molecule has 0 spiro atoms. The fraction of sp³-hybridized carbons (Fsp3) is 0.529. The lowest BCUT2D eigenvalue weighted by atomic mass is 10.1. The van der Waals surface area contributed by atoms with Crippen molar-refractivity contribution in [2.24, 2.45) is 0 Å². The molecule has 0 saturated carbocycles. The van der Waals surface area contributed by atoms with Gasteiger partial charge in [0.2, 0.25) is 5.91 Å². The predicted molar refractivity (Wildman–Crippen MR) is 96.5 cm³/mol. The summed E-state index contributed by atoms with van der Waals surface area (Å²) in [5.74, 6) is -1.44. The van der Waals surface area contributed by atoms with Crippen molar-refractivity contribution in [3.63, 3.8) is 0 Å². The number of carboxylic acid groups (broad SMARTS) is 1. The third-order valence-electron chi connectivity index (χ3n) is 3.78. The Bertz CT molecular complexity index is 635. The number of carbonyl (C=O) groups is 2. The fourth-order valence-corrected chi connectivity index (χ4v) is 2.37. The van der Waals surface area contributed by atoms with Gasteiger partial charge in [-0.3, -0.25) is 19.7 Å². The maximum absolute atomic E-state index is 12.2. The van der Waals surface area contributed by atoms with E-state index >= 15 is 0 Å². The van der Waals surface area contributed by atoms with E-state index in [1.165, 1.54) is 25.3 Å². The number of amides is 1. The lowest BCUT2D eigenvalue weighted by Gasteiger charge is -2.15. The largest absolute Gasteiger partial charge is 0.495 e. The molecule has 0 aliphatic heterocycles. The molecule has 0 heterocycles. The van der Waals surface area contributed by atoms with E-state index in [0.29, 0.717) is 6.54 Å². The summed E-state index contributed by atoms with van der Waals surface area (Å²) in [6.45, 7) is 2.59. The molecule has 1 amide bonds. The summed E-state index contributed by atoms with van der Waals surface area (Å²) in [5.41, 5.74) is -0.0799. The monoisotopic (exact) mass is 367 g/mol. The SMILES string of the molecule is CCCCCCNC(CC(=O)Nc1cc([N+](=O)[O-])ccc1OC)C(=O)O. The maximum Gasteiger partial charge on any atom is 0.321 e. The van der Waals surface area contributed by atoms with Crippen LogP contribution in [0.25, 0.3) is 0 Å². The van der Waals surface area contributed by atoms with Crippen molar-refractivity contribution >= 4 is 23.3 Å². The first-order valence-electron chi connectivity index (χ1n) is 8.47. The molecule has 1 aromatic rings. The van der Waals surface area contributed by atoms with Gasteiger partial charge < -0.3 is 20.5 Å². The second-order valence-electron chi connectivity index (χ2n) is 5.80. The van der Waals surface area contributed by atoms with Gasteiger partial charge in [-0.2, -0.15) is 0 Å². The van der Waals surface area contributed by atoms with Gasteiger partial charge in [0, 0.05) is 12.1 Å². The van der Waals surface area contributed by atoms with E-state index in [2.05, 4.69) is 17.6 Å². The molecule has 0 aliphatic carbocycles. The van der Waals surface area contributed by atoms with Crippen LogP contribution in [0.4, 0.5) is 11.4 Å². The number of aliphatic carboxylic acids is 1. The topological polar surface area (TPSA) is 131 Å². The highest BCUT2D eigenvalue weighted by atomic mass is 16.6. The van der Waals surface area contributed by atoms with Gasteiger partial charge in [0.25, 0.3) is 5.69 Å². The van der Waals surface area contributed by atoms with Crippen LogP contribution in [-0.2, 0) is 9.59 Å². The molecule has 1 rings (SSSR count). The third-order valence-corrected chi connectivity index (χ3v) is 3.78. The molecule has 0 bridgehead atoms. The van der Waals surface area contributed by atoms with Crippen LogP contribution in [0.1, 0.15) is 39.0 Å². The summed E-state index contributed by atoms with van der Waals surface area (Å²) in [5, 5.41) is 25.4. The lowest BCUT2D eigenvalue weighted by molar-refractivity contribution is -0.384. The minimum Gasteiger partial charge on any atom is -0.495 e. The molecular formula is C17H25N3O6. The molecule has 26 heavy (non-hydrogen) atoms. The van der Waals surface area contributed by atoms with Crippen molar-refractivity contribution in [1.82, 2.24) is 5.32 Å². The number of nitro benzene ring substituents is 1. The van der Waals surface area contributed by atoms with Gasteiger partial charge in [-0.25, -0.2) is 0 Å². The molecule has 9 nitrogen and oxygen atoms in total. The zero-order chi connectivity index (χ0) is 19.5. The van der Waals surface area contributed by atoms with E-state index < -0.39 is 22.8 Å². The number of hydrogen-bond acceptors (Lipinski definition) is 6. The van der Waals surface area contributed by atoms with Crippen molar-refractivity contribution in [1.29, 1.82) is 0 Å². The number of anilines is 1. The van der Waals surface area contributed by atoms with Gasteiger partial charge in [0.1, 0.15) is 11.8 Å². The molecule has 0 saturated heterocycles. The minimum atomic E-state index is -1.12. The first kappa shape index (κ1) is 21.4. The molecule has 3 N–H and O–H groups in total. The number of non-ortho nitro benzene ring substituents is 1. The molecule has 0 aromatic heterocycles. The Balaban J connectivity index is 2.68. The van der Waals surface area contributed by atoms with Gasteiger partial charge in [0.15, 0.2) is 0 Å². The van der Waals surface area contributed by atoms with Crippen LogP contribution in [0.3, 0.4) is 0 Å². The van der Waals surface area contributed by atoms with Gasteiger partial charge >= 0.3 is 5.97 Å². The first-order valence-corrected chi connectivity index (χ1v) is 8.47. The van der Waals surface area contributed by atoms with Crippen molar-refractivity contribution in [2.75, 3.05) is 19.0 Å². The molecule has 9 heteroatoms. The molecular weight excluding hydrogens is 342 g/mol. The van der Waals surface area contributed by atoms with E-state index in [1.54, 1.807) is 0 Å². The smallest absolute Gasteiger partial charge is 0.321 e. The van der Waals surface area contributed by atoms with E-state index in [-0.39, 0.29) is 23.5 Å². The molecule has 0 aliphatic rings. The fourth-order valence-electron chi connectivity index (χ4n) is 2.37. The summed E-state index contributed by atoms with van der Waals surface area (Å²) in [7, 11) is 1.37. The van der Waals surface area contributed by atoms with Crippen LogP contribution in [0.15, 0.2) is 18.2 Å². The van der Waals surface area contributed by atoms with Crippen LogP contribution in [-0.4, -0.2) is 41.6 Å². The molecule has 144 valence electrons. The lowest BCUT2D eigenvalue weighted by Crippen LogP contribution is -2.40. The second-order valence-corrected chi connectivity index (χ2v) is 5.80. The highest BCUT2D eigenvalue weighted by Gasteiger charge is 2.22. The summed E-state index contributed by atoms with van der Waals surface area (Å²) in [6, 6.07) is 2.77. The summed E-state index contributed by atoms with van der Waals surface area (Å²) in [4.78, 5) is 33.8. The third kappa shape index (κ3) is 7.06. The highest BCUT2D eigenvalue weighted by molar-refractivity contribution is 5.95. The minimum absolute atomic E-state index is 0.124. The summed E-state index contributed by atoms with van der Waals surface area (Å²) < 4.78 is 5.07. The quantitative estimate of drug-likeness (QED) is 0.294. The van der Waals surface area contributed by atoms with Crippen LogP contribution in [0.5, 0.6) is 5.75 Å². The second kappa shape index (κ2) is 11.0. The molecule has 0 fully saturated rings. The molecule has 1 unspecified atom stereocenters. The Morgan fingerprint density at radius 3 is 2.62 bits per heavy atom. The normalized spacial score (nSPS) is 11.6. The average Bonchev–Trinajstić information content (AvgIpc) is 2.60. The van der Waals surface area contributed by atoms with Gasteiger partial charge in [-0.05, 0) is 19.0 Å². The maximum atomic E-state index is 12.2. The standard InChI is InChI=1S/C17H25N3O6/c1-3-4-5-6-9-18-14(17(22)23)11-16(21)19-13-10-12(20(24)25)7-8-15(13)26-2/h7-8,10,14,18H,3-6,9,11H2,1-2H3,(H,19,21)(H,22,23). The van der Waals surface area contributed by atoms with Crippen LogP contribution < -0.4 is 15.4 Å². The Labute approximate surface area is 151 Å². The number of unbranched alkanes of at least 4 members (excludes halogenated alkanes) is 3. The van der Waals surface area contributed by atoms with Gasteiger partial charge in [-0.15, -0.1) is 0 Å². The number of carboxylic acids is 1. The van der Waals surface area contributed by atoms with Gasteiger partial charge in [0.05, 0.1) is 24.1 Å². The number of ether oxygens (including phenoxy) is 1. The van der Waals surface area contributed by atoms with E-state index in [0.717, 1.165) is 25.7 Å². The number of rotatable bonds is 12. The van der Waals surface area contributed by atoms with E-state index in [4.69, 9.17) is 4.74 Å². The number of nitro groups is 1. The number of carbonyl (C=O) groups excluding carboxylic acids is 1. The number of methoxy groups -OCH3 is 1. The van der Waals surface area contributed by atoms with Crippen LogP contribution in [0, 0.1) is 10.1 Å². The van der Waals surface area contributed by atoms with Crippen LogP contribution >= 0.6 is 0 Å². The van der Waals surface area contributed by atoms with E-state index in [1.807, 2.05) is 0 Å². The zero-order valence-corrected chi connectivity index (χ0v) is 15.0. The van der Waals surface area contributed by atoms with Crippen molar-refractivity contribution in [2.45, 2.75) is 45.1 Å². The Kier molecular flexibility index (Phi) is 9.07. The zero-order valence-electron chi connectivity index (χ0n) is 15.0. The summed E-state index contributed by atoms with van der Waals surface area (Å²) >= 11 is 0. The Morgan fingerprint density at radius 1 is 1.31 bits per heavy atom. The van der Waals surface area contributed by atoms with Crippen molar-refractivity contribution < 1.29 is 24.4 Å². The molecule has 1 atom stereocenters. The van der Waals surface area contributed by atoms with Crippen molar-refractivity contribution in [3.05, 3.63) is 28.3 Å². The van der Waals surface area contributed by atoms with Gasteiger partial charge in [-0.1, -0.05) is 26.2 Å². The van der Waals surface area contributed by atoms with E-state index in [9.17, 15) is 24.8 Å². The van der Waals surface area contributed by atoms with Crippen molar-refractivity contribution in [3.8, 4) is 5.75 Å². The van der Waals surface area contributed by atoms with Crippen LogP contribution in [0.2, 0.25) is 0 Å². The Morgan fingerprint density at radius 2 is 2.04 bits per heavy atom. The predicted octanol–water partition coefficient (Wildman–Crippen LogP) is 2.56. The Hall–Kier alpha value is -2.68. The highest BCUT2D eigenvalue weighted by Crippen LogP contribution is 2.29. The number of hydrogen-bond donors (Lipinski definition) is 3. The average molecular weight is 367 g/mol. The number of nitrogens with zero attached hydrogens (tertiary/aromatic N) is 1.